The molecule has 2 amide bonds. The Morgan fingerprint density at radius 1 is 1.39 bits per heavy atom. The molecule has 2 aromatic heterocycles. The highest BCUT2D eigenvalue weighted by Crippen LogP contribution is 2.29. The normalized spacial score (nSPS) is 11.1. The van der Waals surface area contributed by atoms with Gasteiger partial charge in [-0.15, -0.1) is 11.3 Å². The Balaban J connectivity index is 1.77. The van der Waals surface area contributed by atoms with E-state index in [-0.39, 0.29) is 13.0 Å². The molecule has 2 rings (SSSR count). The van der Waals surface area contributed by atoms with E-state index in [1.165, 1.54) is 13.3 Å². The molecule has 2 aromatic rings. The van der Waals surface area contributed by atoms with Gasteiger partial charge in [-0.05, 0) is 6.07 Å². The third kappa shape index (κ3) is 5.09. The number of methoxy groups -OCH3 is 1. The number of nitrogens with zero attached hydrogens (tertiary/aromatic N) is 2. The largest absolute Gasteiger partial charge is 0.481 e. The number of carbonyl (C=O) groups is 1. The molecule has 0 aliphatic heterocycles. The van der Waals surface area contributed by atoms with Crippen LogP contribution in [0, 0.1) is 0 Å². The van der Waals surface area contributed by atoms with Crippen LogP contribution in [-0.4, -0.2) is 29.7 Å². The number of carbonyl (C=O) groups excluding carboxylic acids is 1. The Morgan fingerprint density at radius 3 is 2.74 bits per heavy atom. The predicted octanol–water partition coefficient (Wildman–Crippen LogP) is 2.93. The van der Waals surface area contributed by atoms with Gasteiger partial charge in [-0.3, -0.25) is 0 Å². The predicted molar refractivity (Wildman–Crippen MR) is 78.6 cm³/mol. The summed E-state index contributed by atoms with van der Waals surface area (Å²) < 4.78 is 42.1. The monoisotopic (exact) mass is 346 g/mol. The van der Waals surface area contributed by atoms with E-state index in [0.29, 0.717) is 16.6 Å². The molecule has 2 heterocycles. The van der Waals surface area contributed by atoms with Crippen molar-refractivity contribution in [1.82, 2.24) is 15.3 Å². The van der Waals surface area contributed by atoms with Gasteiger partial charge in [0.05, 0.1) is 24.0 Å². The first-order chi connectivity index (χ1) is 10.9. The molecule has 0 aliphatic rings. The van der Waals surface area contributed by atoms with Crippen molar-refractivity contribution in [3.05, 3.63) is 34.4 Å². The van der Waals surface area contributed by atoms with Crippen LogP contribution in [0.15, 0.2) is 23.7 Å². The fourth-order valence-electron chi connectivity index (χ4n) is 1.59. The highest BCUT2D eigenvalue weighted by Gasteiger charge is 2.33. The summed E-state index contributed by atoms with van der Waals surface area (Å²) in [6.45, 7) is 0.167. The fraction of sp³-hybridized carbons (Fsp3) is 0.308. The number of nitrogens with one attached hydrogen (secondary N) is 2. The lowest BCUT2D eigenvalue weighted by Crippen LogP contribution is -2.30. The first-order valence-electron chi connectivity index (χ1n) is 6.45. The number of halogens is 3. The summed E-state index contributed by atoms with van der Waals surface area (Å²) in [5.41, 5.74) is -0.442. The zero-order valence-electron chi connectivity index (χ0n) is 12.0. The summed E-state index contributed by atoms with van der Waals surface area (Å²) in [6.07, 6.45) is -2.80. The van der Waals surface area contributed by atoms with Crippen molar-refractivity contribution in [2.24, 2.45) is 0 Å². The molecule has 124 valence electrons. The average molecular weight is 346 g/mol. The van der Waals surface area contributed by atoms with Crippen LogP contribution in [0.3, 0.4) is 0 Å². The van der Waals surface area contributed by atoms with Crippen LogP contribution in [-0.2, 0) is 12.6 Å². The van der Waals surface area contributed by atoms with Gasteiger partial charge in [0, 0.05) is 24.4 Å². The summed E-state index contributed by atoms with van der Waals surface area (Å²) in [5, 5.41) is 6.34. The Kier molecular flexibility index (Phi) is 5.37. The first kappa shape index (κ1) is 17.0. The third-order valence-corrected chi connectivity index (χ3v) is 3.58. The minimum atomic E-state index is -4.44. The van der Waals surface area contributed by atoms with Crippen LogP contribution in [0.4, 0.5) is 23.7 Å². The van der Waals surface area contributed by atoms with Gasteiger partial charge < -0.3 is 15.4 Å². The van der Waals surface area contributed by atoms with Crippen molar-refractivity contribution in [2.75, 3.05) is 19.0 Å². The number of urea groups is 1. The molecule has 0 radical (unpaired) electrons. The maximum atomic E-state index is 12.4. The molecule has 2 N–H and O–H groups in total. The average Bonchev–Trinajstić information content (AvgIpc) is 2.97. The van der Waals surface area contributed by atoms with E-state index in [2.05, 4.69) is 20.6 Å². The molecule has 0 spiro atoms. The fourth-order valence-corrected chi connectivity index (χ4v) is 2.39. The van der Waals surface area contributed by atoms with E-state index in [0.717, 1.165) is 16.7 Å². The minimum Gasteiger partial charge on any atom is -0.481 e. The summed E-state index contributed by atoms with van der Waals surface area (Å²) in [7, 11) is 1.48. The lowest BCUT2D eigenvalue weighted by Gasteiger charge is -2.07. The molecule has 0 aromatic carbocycles. The van der Waals surface area contributed by atoms with Gasteiger partial charge >= 0.3 is 12.2 Å². The van der Waals surface area contributed by atoms with Crippen LogP contribution in [0.5, 0.6) is 5.88 Å². The number of pyridine rings is 1. The van der Waals surface area contributed by atoms with E-state index in [1.54, 1.807) is 12.1 Å². The van der Waals surface area contributed by atoms with E-state index in [4.69, 9.17) is 4.74 Å². The Labute approximate surface area is 133 Å². The molecule has 0 fully saturated rings. The molecule has 0 aliphatic carbocycles. The molecule has 0 bridgehead atoms. The SMILES string of the molecule is COc1ccc(NC(=O)NCCc2nc(C(F)(F)F)cs2)cn1. The van der Waals surface area contributed by atoms with Crippen LogP contribution in [0.2, 0.25) is 0 Å². The van der Waals surface area contributed by atoms with Gasteiger partial charge in [0.2, 0.25) is 5.88 Å². The lowest BCUT2D eigenvalue weighted by molar-refractivity contribution is -0.140. The number of alkyl halides is 3. The van der Waals surface area contributed by atoms with Gasteiger partial charge in [0.25, 0.3) is 0 Å². The first-order valence-corrected chi connectivity index (χ1v) is 7.33. The highest BCUT2D eigenvalue weighted by atomic mass is 32.1. The molecule has 0 saturated heterocycles. The molecule has 23 heavy (non-hydrogen) atoms. The quantitative estimate of drug-likeness (QED) is 0.873. The van der Waals surface area contributed by atoms with Gasteiger partial charge in [-0.2, -0.15) is 13.2 Å². The number of amides is 2. The van der Waals surface area contributed by atoms with Crippen molar-refractivity contribution in [1.29, 1.82) is 0 Å². The van der Waals surface area contributed by atoms with Gasteiger partial charge in [-0.25, -0.2) is 14.8 Å². The van der Waals surface area contributed by atoms with E-state index >= 15 is 0 Å². The standard InChI is InChI=1S/C13H13F3N4O2S/c1-22-10-3-2-8(6-18-10)19-12(21)17-5-4-11-20-9(7-23-11)13(14,15)16/h2-3,6-7H,4-5H2,1H3,(H2,17,19,21). The molecule has 0 atom stereocenters. The summed E-state index contributed by atoms with van der Waals surface area (Å²) in [6, 6.07) is 2.72. The maximum absolute atomic E-state index is 12.4. The molecular weight excluding hydrogens is 333 g/mol. The lowest BCUT2D eigenvalue weighted by atomic mass is 10.4. The minimum absolute atomic E-state index is 0.167. The number of rotatable bonds is 5. The zero-order chi connectivity index (χ0) is 16.9. The van der Waals surface area contributed by atoms with E-state index in [9.17, 15) is 18.0 Å². The van der Waals surface area contributed by atoms with Crippen molar-refractivity contribution in [3.8, 4) is 5.88 Å². The van der Waals surface area contributed by atoms with Crippen molar-refractivity contribution < 1.29 is 22.7 Å². The van der Waals surface area contributed by atoms with Gasteiger partial charge in [0.15, 0.2) is 5.69 Å². The molecule has 10 heteroatoms. The summed E-state index contributed by atoms with van der Waals surface area (Å²) in [5.74, 6) is 0.417. The topological polar surface area (TPSA) is 76.1 Å². The molecule has 6 nitrogen and oxygen atoms in total. The van der Waals surface area contributed by atoms with Crippen LogP contribution >= 0.6 is 11.3 Å². The van der Waals surface area contributed by atoms with Crippen LogP contribution in [0.25, 0.3) is 0 Å². The second kappa shape index (κ2) is 7.27. The Bertz CT molecular complexity index is 658. The number of anilines is 1. The maximum Gasteiger partial charge on any atom is 0.434 e. The van der Waals surface area contributed by atoms with Crippen molar-refractivity contribution >= 4 is 23.1 Å². The molecule has 0 saturated carbocycles. The van der Waals surface area contributed by atoms with Crippen molar-refractivity contribution in [2.45, 2.75) is 12.6 Å². The van der Waals surface area contributed by atoms with E-state index < -0.39 is 17.9 Å². The molecular formula is C13H13F3N4O2S. The summed E-state index contributed by atoms with van der Waals surface area (Å²) in [4.78, 5) is 19.0. The second-order valence-electron chi connectivity index (χ2n) is 4.34. The summed E-state index contributed by atoms with van der Waals surface area (Å²) >= 11 is 0.909. The van der Waals surface area contributed by atoms with Crippen LogP contribution < -0.4 is 15.4 Å². The smallest absolute Gasteiger partial charge is 0.434 e. The number of thiazole rings is 1. The molecule has 0 unspecified atom stereocenters. The second-order valence-corrected chi connectivity index (χ2v) is 5.29. The van der Waals surface area contributed by atoms with E-state index in [1.807, 2.05) is 0 Å². The van der Waals surface area contributed by atoms with Gasteiger partial charge in [0.1, 0.15) is 0 Å². The van der Waals surface area contributed by atoms with Crippen LogP contribution in [0.1, 0.15) is 10.7 Å². The highest BCUT2D eigenvalue weighted by molar-refractivity contribution is 7.09. The van der Waals surface area contributed by atoms with Crippen molar-refractivity contribution in [3.63, 3.8) is 0 Å². The number of ether oxygens (including phenoxy) is 1. The zero-order valence-corrected chi connectivity index (χ0v) is 12.8. The Hall–Kier alpha value is -2.36. The number of aromatic nitrogens is 2. The third-order valence-electron chi connectivity index (χ3n) is 2.67. The Morgan fingerprint density at radius 2 is 2.17 bits per heavy atom. The van der Waals surface area contributed by atoms with Gasteiger partial charge in [-0.1, -0.05) is 0 Å². The number of hydrogen-bond donors (Lipinski definition) is 2. The number of hydrogen-bond acceptors (Lipinski definition) is 5.